The van der Waals surface area contributed by atoms with Gasteiger partial charge in [0.05, 0.1) is 0 Å². The minimum atomic E-state index is -1.44. The highest BCUT2D eigenvalue weighted by Gasteiger charge is 2.25. The third kappa shape index (κ3) is 3.96. The van der Waals surface area contributed by atoms with Gasteiger partial charge in [0.1, 0.15) is 12.4 Å². The highest BCUT2D eigenvalue weighted by atomic mass is 16.5. The predicted molar refractivity (Wildman–Crippen MR) is 76.5 cm³/mol. The lowest BCUT2D eigenvalue weighted by atomic mass is 9.80. The van der Waals surface area contributed by atoms with Crippen LogP contribution in [0.15, 0.2) is 24.3 Å². The fourth-order valence-corrected chi connectivity index (χ4v) is 2.49. The molecule has 1 aliphatic heterocycles. The van der Waals surface area contributed by atoms with Crippen molar-refractivity contribution < 1.29 is 14.8 Å². The van der Waals surface area contributed by atoms with E-state index in [-0.39, 0.29) is 0 Å². The summed E-state index contributed by atoms with van der Waals surface area (Å²) in [6.45, 7) is 8.40. The zero-order valence-corrected chi connectivity index (χ0v) is 11.6. The van der Waals surface area contributed by atoms with E-state index in [9.17, 15) is 0 Å². The molecule has 2 N–H and O–H groups in total. The highest BCUT2D eigenvalue weighted by Crippen LogP contribution is 2.21. The molecule has 1 aromatic carbocycles. The Morgan fingerprint density at radius 2 is 1.95 bits per heavy atom. The van der Waals surface area contributed by atoms with Gasteiger partial charge in [-0.15, -0.1) is 0 Å². The number of rotatable bonds is 5. The standard InChI is InChI=1S/C14H22BNO3/c1-11-9-16(10-12(11)2)6-7-19-14-5-3-4-13(8-14)15(17)18/h3-5,8,11-12,17-18H,6-7,9-10H2,1-2H3. The molecule has 0 aromatic heterocycles. The molecule has 2 unspecified atom stereocenters. The number of nitrogens with zero attached hydrogens (tertiary/aromatic N) is 1. The predicted octanol–water partition coefficient (Wildman–Crippen LogP) is 0.333. The van der Waals surface area contributed by atoms with Crippen LogP contribution < -0.4 is 10.2 Å². The first-order valence-electron chi connectivity index (χ1n) is 6.87. The lowest BCUT2D eigenvalue weighted by Gasteiger charge is -2.16. The molecule has 104 valence electrons. The molecule has 2 atom stereocenters. The fourth-order valence-electron chi connectivity index (χ4n) is 2.49. The summed E-state index contributed by atoms with van der Waals surface area (Å²) in [4.78, 5) is 2.42. The molecular weight excluding hydrogens is 241 g/mol. The molecule has 0 saturated carbocycles. The van der Waals surface area contributed by atoms with E-state index in [1.165, 1.54) is 0 Å². The minimum absolute atomic E-state index is 0.459. The van der Waals surface area contributed by atoms with Crippen LogP contribution in [0, 0.1) is 11.8 Å². The van der Waals surface area contributed by atoms with Crippen LogP contribution in [0.4, 0.5) is 0 Å². The van der Waals surface area contributed by atoms with Gasteiger partial charge in [0.25, 0.3) is 0 Å². The Kier molecular flexibility index (Phi) is 4.85. The van der Waals surface area contributed by atoms with Gasteiger partial charge in [-0.05, 0) is 29.4 Å². The number of ether oxygens (including phenoxy) is 1. The molecule has 0 aliphatic carbocycles. The van der Waals surface area contributed by atoms with Crippen LogP contribution >= 0.6 is 0 Å². The smallest absolute Gasteiger partial charge is 0.488 e. The van der Waals surface area contributed by atoms with Gasteiger partial charge >= 0.3 is 7.12 Å². The highest BCUT2D eigenvalue weighted by molar-refractivity contribution is 6.58. The first kappa shape index (κ1) is 14.4. The van der Waals surface area contributed by atoms with Crippen LogP contribution in [0.3, 0.4) is 0 Å². The molecule has 1 saturated heterocycles. The molecular formula is C14H22BNO3. The SMILES string of the molecule is CC1CN(CCOc2cccc(B(O)O)c2)CC1C. The molecule has 4 nitrogen and oxygen atoms in total. The monoisotopic (exact) mass is 263 g/mol. The number of benzene rings is 1. The number of hydrogen-bond donors (Lipinski definition) is 2. The van der Waals surface area contributed by atoms with Crippen molar-refractivity contribution in [2.24, 2.45) is 11.8 Å². The van der Waals surface area contributed by atoms with Crippen molar-refractivity contribution in [1.82, 2.24) is 4.90 Å². The van der Waals surface area contributed by atoms with E-state index in [1.807, 2.05) is 6.07 Å². The molecule has 0 spiro atoms. The molecule has 1 fully saturated rings. The zero-order valence-electron chi connectivity index (χ0n) is 11.6. The number of hydrogen-bond acceptors (Lipinski definition) is 4. The molecule has 19 heavy (non-hydrogen) atoms. The molecule has 0 amide bonds. The lowest BCUT2D eigenvalue weighted by Crippen LogP contribution is -2.30. The van der Waals surface area contributed by atoms with Crippen LogP contribution in [-0.4, -0.2) is 48.3 Å². The van der Waals surface area contributed by atoms with Crippen molar-refractivity contribution in [3.05, 3.63) is 24.3 Å². The molecule has 1 heterocycles. The Balaban J connectivity index is 1.78. The van der Waals surface area contributed by atoms with E-state index in [0.29, 0.717) is 17.8 Å². The van der Waals surface area contributed by atoms with Gasteiger partial charge in [-0.1, -0.05) is 26.0 Å². The van der Waals surface area contributed by atoms with E-state index in [2.05, 4.69) is 18.7 Å². The molecule has 0 radical (unpaired) electrons. The molecule has 0 bridgehead atoms. The normalized spacial score (nSPS) is 23.6. The van der Waals surface area contributed by atoms with E-state index < -0.39 is 7.12 Å². The summed E-state index contributed by atoms with van der Waals surface area (Å²) in [6, 6.07) is 6.94. The summed E-state index contributed by atoms with van der Waals surface area (Å²) >= 11 is 0. The van der Waals surface area contributed by atoms with Gasteiger partial charge in [0, 0.05) is 19.6 Å². The average molecular weight is 263 g/mol. The minimum Gasteiger partial charge on any atom is -0.492 e. The summed E-state index contributed by atoms with van der Waals surface area (Å²) in [5, 5.41) is 18.2. The Hall–Kier alpha value is -1.04. The summed E-state index contributed by atoms with van der Waals surface area (Å²) in [5.74, 6) is 2.20. The van der Waals surface area contributed by atoms with Crippen molar-refractivity contribution in [2.75, 3.05) is 26.2 Å². The van der Waals surface area contributed by atoms with Gasteiger partial charge in [-0.25, -0.2) is 0 Å². The Bertz CT molecular complexity index is 403. The van der Waals surface area contributed by atoms with E-state index in [0.717, 1.165) is 31.5 Å². The van der Waals surface area contributed by atoms with Gasteiger partial charge < -0.3 is 14.8 Å². The average Bonchev–Trinajstić information content (AvgIpc) is 2.69. The van der Waals surface area contributed by atoms with Gasteiger partial charge in [0.15, 0.2) is 0 Å². The quantitative estimate of drug-likeness (QED) is 0.752. The van der Waals surface area contributed by atoms with Gasteiger partial charge in [0.2, 0.25) is 0 Å². The third-order valence-corrected chi connectivity index (χ3v) is 3.90. The Morgan fingerprint density at radius 1 is 1.26 bits per heavy atom. The largest absolute Gasteiger partial charge is 0.492 e. The summed E-state index contributed by atoms with van der Waals surface area (Å²) in [6.07, 6.45) is 0. The van der Waals surface area contributed by atoms with Crippen LogP contribution in [0.5, 0.6) is 5.75 Å². The second-order valence-corrected chi connectivity index (χ2v) is 5.51. The molecule has 2 rings (SSSR count). The first-order valence-corrected chi connectivity index (χ1v) is 6.87. The van der Waals surface area contributed by atoms with Crippen LogP contribution in [0.2, 0.25) is 0 Å². The van der Waals surface area contributed by atoms with Crippen molar-refractivity contribution in [2.45, 2.75) is 13.8 Å². The Morgan fingerprint density at radius 3 is 2.58 bits per heavy atom. The zero-order chi connectivity index (χ0) is 13.8. The van der Waals surface area contributed by atoms with Crippen molar-refractivity contribution >= 4 is 12.6 Å². The second-order valence-electron chi connectivity index (χ2n) is 5.51. The first-order chi connectivity index (χ1) is 9.06. The maximum absolute atomic E-state index is 9.10. The number of likely N-dealkylation sites (tertiary alicyclic amines) is 1. The Labute approximate surface area is 115 Å². The fraction of sp³-hybridized carbons (Fsp3) is 0.571. The summed E-state index contributed by atoms with van der Waals surface area (Å²) in [5.41, 5.74) is 0.459. The molecule has 5 heteroatoms. The molecule has 1 aromatic rings. The lowest BCUT2D eigenvalue weighted by molar-refractivity contribution is 0.232. The maximum atomic E-state index is 9.10. The van der Waals surface area contributed by atoms with Crippen LogP contribution in [-0.2, 0) is 0 Å². The van der Waals surface area contributed by atoms with Gasteiger partial charge in [-0.3, -0.25) is 4.90 Å². The summed E-state index contributed by atoms with van der Waals surface area (Å²) < 4.78 is 5.67. The second kappa shape index (κ2) is 6.41. The van der Waals surface area contributed by atoms with Crippen molar-refractivity contribution in [1.29, 1.82) is 0 Å². The topological polar surface area (TPSA) is 52.9 Å². The maximum Gasteiger partial charge on any atom is 0.488 e. The van der Waals surface area contributed by atoms with E-state index in [4.69, 9.17) is 14.8 Å². The van der Waals surface area contributed by atoms with Crippen molar-refractivity contribution in [3.63, 3.8) is 0 Å². The van der Waals surface area contributed by atoms with Crippen LogP contribution in [0.1, 0.15) is 13.8 Å². The van der Waals surface area contributed by atoms with Crippen molar-refractivity contribution in [3.8, 4) is 5.75 Å². The van der Waals surface area contributed by atoms with E-state index >= 15 is 0 Å². The van der Waals surface area contributed by atoms with E-state index in [1.54, 1.807) is 18.2 Å². The summed E-state index contributed by atoms with van der Waals surface area (Å²) in [7, 11) is -1.44. The molecule has 1 aliphatic rings. The van der Waals surface area contributed by atoms with Crippen LogP contribution in [0.25, 0.3) is 0 Å². The third-order valence-electron chi connectivity index (χ3n) is 3.90. The van der Waals surface area contributed by atoms with Gasteiger partial charge in [-0.2, -0.15) is 0 Å².